The first-order valence-corrected chi connectivity index (χ1v) is 3.88. The number of pyridine rings is 1. The zero-order valence-electron chi connectivity index (χ0n) is 9.74. The van der Waals surface area contributed by atoms with Gasteiger partial charge >= 0.3 is 11.9 Å². The number of hydrogen-bond acceptors (Lipinski definition) is 3. The van der Waals surface area contributed by atoms with Gasteiger partial charge in [0.25, 0.3) is 0 Å². The van der Waals surface area contributed by atoms with Crippen molar-refractivity contribution in [2.45, 2.75) is 13.8 Å². The second-order valence-corrected chi connectivity index (χ2v) is 2.86. The first-order chi connectivity index (χ1) is 6.43. The Morgan fingerprint density at radius 1 is 1.00 bits per heavy atom. The fraction of sp³-hybridized carbons (Fsp3) is 0.222. The first-order valence-electron chi connectivity index (χ1n) is 3.88. The van der Waals surface area contributed by atoms with E-state index in [0.29, 0.717) is 11.4 Å². The van der Waals surface area contributed by atoms with E-state index in [4.69, 9.17) is 10.2 Å². The van der Waals surface area contributed by atoms with Crippen LogP contribution in [0.3, 0.4) is 0 Å². The molecule has 0 aliphatic heterocycles. The van der Waals surface area contributed by atoms with Gasteiger partial charge in [-0.15, -0.1) is 0 Å². The molecule has 2 N–H and O–H groups in total. The Hall–Kier alpha value is 1.36. The monoisotopic (exact) mass is 273 g/mol. The van der Waals surface area contributed by atoms with Gasteiger partial charge < -0.3 is 10.2 Å². The van der Waals surface area contributed by atoms with Gasteiger partial charge in [-0.05, 0) is 19.9 Å². The molecule has 0 bridgehead atoms. The fourth-order valence-electron chi connectivity index (χ4n) is 1.16. The van der Waals surface area contributed by atoms with Crippen LogP contribution in [0.2, 0.25) is 0 Å². The maximum atomic E-state index is 10.7. The molecule has 0 saturated heterocycles. The van der Waals surface area contributed by atoms with Crippen LogP contribution in [0.15, 0.2) is 6.07 Å². The normalized spacial score (nSPS) is 8.62. The number of carboxylic acid groups (broad SMARTS) is 2. The van der Waals surface area contributed by atoms with Crippen LogP contribution >= 0.6 is 0 Å². The molecule has 2 radical (unpaired) electrons. The van der Waals surface area contributed by atoms with E-state index in [9.17, 15) is 9.59 Å². The van der Waals surface area contributed by atoms with Crippen LogP contribution in [0.4, 0.5) is 0 Å². The Balaban J connectivity index is 0. The summed E-state index contributed by atoms with van der Waals surface area (Å²) in [4.78, 5) is 25.2. The molecule has 16 heavy (non-hydrogen) atoms. The second-order valence-electron chi connectivity index (χ2n) is 2.86. The third-order valence-corrected chi connectivity index (χ3v) is 1.86. The summed E-state index contributed by atoms with van der Waals surface area (Å²) in [5, 5.41) is 17.5. The molecule has 0 aliphatic carbocycles. The standard InChI is InChI=1S/C9H9NO4.2K/c1-4-6(8(11)12)3-7(9(13)14)5(2)10-4;;/h3H,1-2H3,(H,11,12)(H,13,14);;. The van der Waals surface area contributed by atoms with Crippen molar-refractivity contribution in [2.24, 2.45) is 0 Å². The van der Waals surface area contributed by atoms with E-state index in [2.05, 4.69) is 4.98 Å². The quantitative estimate of drug-likeness (QED) is 0.758. The molecule has 0 unspecified atom stereocenters. The summed E-state index contributed by atoms with van der Waals surface area (Å²) in [6.45, 7) is 3.06. The first kappa shape index (κ1) is 19.7. The van der Waals surface area contributed by atoms with Gasteiger partial charge in [-0.2, -0.15) is 0 Å². The maximum absolute atomic E-state index is 10.7. The summed E-state index contributed by atoms with van der Waals surface area (Å²) in [7, 11) is 0. The predicted octanol–water partition coefficient (Wildman–Crippen LogP) is 0.333. The molecule has 0 fully saturated rings. The van der Waals surface area contributed by atoms with Crippen molar-refractivity contribution in [3.8, 4) is 0 Å². The van der Waals surface area contributed by atoms with Gasteiger partial charge in [-0.3, -0.25) is 4.98 Å². The minimum atomic E-state index is -1.17. The fourth-order valence-corrected chi connectivity index (χ4v) is 1.16. The predicted molar refractivity (Wildman–Crippen MR) is 59.1 cm³/mol. The number of aryl methyl sites for hydroxylation is 2. The largest absolute Gasteiger partial charge is 0.478 e. The van der Waals surface area contributed by atoms with Gasteiger partial charge in [0.15, 0.2) is 0 Å². The molecule has 0 atom stereocenters. The third kappa shape index (κ3) is 4.93. The molecular weight excluding hydrogens is 264 g/mol. The molecule has 1 heterocycles. The summed E-state index contributed by atoms with van der Waals surface area (Å²) >= 11 is 0. The number of aromatic nitrogens is 1. The van der Waals surface area contributed by atoms with Crippen molar-refractivity contribution >= 4 is 115 Å². The van der Waals surface area contributed by atoms with Crippen LogP contribution in [0.5, 0.6) is 0 Å². The van der Waals surface area contributed by atoms with E-state index in [0.717, 1.165) is 6.07 Å². The molecule has 0 aromatic carbocycles. The molecule has 1 aromatic heterocycles. The summed E-state index contributed by atoms with van der Waals surface area (Å²) in [5.41, 5.74) is 0.487. The van der Waals surface area contributed by atoms with E-state index < -0.39 is 11.9 Å². The van der Waals surface area contributed by atoms with Gasteiger partial charge in [-0.25, -0.2) is 9.59 Å². The summed E-state index contributed by atoms with van der Waals surface area (Å²) < 4.78 is 0. The summed E-state index contributed by atoms with van der Waals surface area (Å²) in [5.74, 6) is -2.34. The van der Waals surface area contributed by atoms with Crippen molar-refractivity contribution < 1.29 is 19.8 Å². The van der Waals surface area contributed by atoms with Crippen LogP contribution in [-0.4, -0.2) is 130 Å². The van der Waals surface area contributed by atoms with Crippen molar-refractivity contribution in [3.63, 3.8) is 0 Å². The number of carbonyl (C=O) groups is 2. The van der Waals surface area contributed by atoms with Crippen molar-refractivity contribution in [1.29, 1.82) is 0 Å². The van der Waals surface area contributed by atoms with Crippen molar-refractivity contribution in [1.82, 2.24) is 4.98 Å². The maximum Gasteiger partial charge on any atom is 0.337 e. The number of carboxylic acids is 2. The van der Waals surface area contributed by atoms with Gasteiger partial charge in [0.2, 0.25) is 0 Å². The third-order valence-electron chi connectivity index (χ3n) is 1.86. The van der Waals surface area contributed by atoms with Gasteiger partial charge in [0.05, 0.1) is 22.5 Å². The number of nitrogens with zero attached hydrogens (tertiary/aromatic N) is 1. The molecule has 5 nitrogen and oxygen atoms in total. The molecule has 7 heteroatoms. The number of hydrogen-bond donors (Lipinski definition) is 2. The molecule has 0 saturated carbocycles. The minimum Gasteiger partial charge on any atom is -0.478 e. The van der Waals surface area contributed by atoms with E-state index in [1.165, 1.54) is 13.8 Å². The van der Waals surface area contributed by atoms with E-state index in [1.807, 2.05) is 0 Å². The molecule has 0 aliphatic rings. The van der Waals surface area contributed by atoms with E-state index in [-0.39, 0.29) is 114 Å². The minimum absolute atomic E-state index is 0. The SMILES string of the molecule is Cc1nc(C)c(C(=O)O)cc1C(=O)O.[K].[K]. The van der Waals surface area contributed by atoms with Gasteiger partial charge in [-0.1, -0.05) is 0 Å². The topological polar surface area (TPSA) is 87.5 Å². The van der Waals surface area contributed by atoms with Crippen molar-refractivity contribution in [2.75, 3.05) is 0 Å². The Labute approximate surface area is 178 Å². The zero-order chi connectivity index (χ0) is 10.9. The Morgan fingerprint density at radius 3 is 1.56 bits per heavy atom. The van der Waals surface area contributed by atoms with Gasteiger partial charge in [0, 0.05) is 103 Å². The average Bonchev–Trinajstić information content (AvgIpc) is 2.02. The summed E-state index contributed by atoms with van der Waals surface area (Å²) in [6, 6.07) is 1.13. The van der Waals surface area contributed by atoms with Crippen LogP contribution in [0.25, 0.3) is 0 Å². The van der Waals surface area contributed by atoms with Crippen molar-refractivity contribution in [3.05, 3.63) is 28.6 Å². The smallest absolute Gasteiger partial charge is 0.337 e. The van der Waals surface area contributed by atoms with Crippen LogP contribution < -0.4 is 0 Å². The molecule has 0 spiro atoms. The molecule has 1 rings (SSSR count). The summed E-state index contributed by atoms with van der Waals surface area (Å²) in [6.07, 6.45) is 0. The molecular formula is C9H9K2NO4. The second kappa shape index (κ2) is 8.46. The van der Waals surface area contributed by atoms with E-state index >= 15 is 0 Å². The van der Waals surface area contributed by atoms with Gasteiger partial charge in [0.1, 0.15) is 0 Å². The molecule has 76 valence electrons. The zero-order valence-corrected chi connectivity index (χ0v) is 16.0. The van der Waals surface area contributed by atoms with Crippen LogP contribution in [0.1, 0.15) is 32.1 Å². The average molecular weight is 273 g/mol. The Kier molecular flexibility index (Phi) is 10.4. The molecule has 1 aromatic rings. The van der Waals surface area contributed by atoms with E-state index in [1.54, 1.807) is 0 Å². The number of aromatic carboxylic acids is 2. The number of rotatable bonds is 2. The Morgan fingerprint density at radius 2 is 1.31 bits per heavy atom. The Bertz CT molecular complexity index is 385. The molecule has 0 amide bonds. The van der Waals surface area contributed by atoms with Crippen LogP contribution in [-0.2, 0) is 0 Å². The van der Waals surface area contributed by atoms with Crippen LogP contribution in [0, 0.1) is 13.8 Å².